The Bertz CT molecular complexity index is 1230. The number of thioether (sulfide) groups is 1. The minimum atomic E-state index is -4.14. The van der Waals surface area contributed by atoms with Crippen LogP contribution in [-0.2, 0) is 14.8 Å². The van der Waals surface area contributed by atoms with Gasteiger partial charge in [-0.05, 0) is 73.3 Å². The van der Waals surface area contributed by atoms with Crippen LogP contribution >= 0.6 is 11.8 Å². The normalized spacial score (nSPS) is 11.0. The first-order valence-electron chi connectivity index (χ1n) is 10.0. The summed E-state index contributed by atoms with van der Waals surface area (Å²) < 4.78 is 39.0. The second-order valence-corrected chi connectivity index (χ2v) is 9.85. The smallest absolute Gasteiger partial charge is 0.268 e. The van der Waals surface area contributed by atoms with Gasteiger partial charge >= 0.3 is 0 Å². The first-order valence-corrected chi connectivity index (χ1v) is 12.7. The summed E-state index contributed by atoms with van der Waals surface area (Å²) in [7, 11) is -1.20. The fourth-order valence-electron chi connectivity index (χ4n) is 3.20. The number of ether oxygens (including phenoxy) is 2. The van der Waals surface area contributed by atoms with Crippen LogP contribution in [0, 0.1) is 6.92 Å². The Morgan fingerprint density at radius 1 is 1.00 bits per heavy atom. The molecular formula is C24H26N2O5S2. The summed E-state index contributed by atoms with van der Waals surface area (Å²) >= 11 is 1.55. The molecule has 3 aromatic carbocycles. The molecule has 0 aliphatic rings. The molecule has 0 spiro atoms. The number of carbonyl (C=O) groups is 1. The third-order valence-corrected chi connectivity index (χ3v) is 7.41. The molecule has 1 amide bonds. The number of sulfonamides is 1. The number of carbonyl (C=O) groups excluding carboxylic acids is 1. The second-order valence-electron chi connectivity index (χ2n) is 7.14. The van der Waals surface area contributed by atoms with Gasteiger partial charge in [-0.3, -0.25) is 9.10 Å². The highest BCUT2D eigenvalue weighted by Gasteiger charge is 2.30. The lowest BCUT2D eigenvalue weighted by molar-refractivity contribution is -0.114. The van der Waals surface area contributed by atoms with Crippen molar-refractivity contribution in [2.24, 2.45) is 0 Å². The molecular weight excluding hydrogens is 460 g/mol. The number of nitrogens with one attached hydrogen (secondary N) is 1. The lowest BCUT2D eigenvalue weighted by Gasteiger charge is -2.25. The topological polar surface area (TPSA) is 84.9 Å². The number of hydrogen-bond donors (Lipinski definition) is 1. The lowest BCUT2D eigenvalue weighted by atomic mass is 10.2. The van der Waals surface area contributed by atoms with E-state index in [1.165, 1.54) is 20.3 Å². The van der Waals surface area contributed by atoms with Crippen molar-refractivity contribution in [3.63, 3.8) is 0 Å². The van der Waals surface area contributed by atoms with Crippen molar-refractivity contribution in [1.82, 2.24) is 0 Å². The van der Waals surface area contributed by atoms with Gasteiger partial charge in [0, 0.05) is 10.6 Å². The zero-order valence-corrected chi connectivity index (χ0v) is 20.5. The quantitative estimate of drug-likeness (QED) is 0.446. The summed E-state index contributed by atoms with van der Waals surface area (Å²) in [5, 5.41) is 2.79. The fraction of sp³-hybridized carbons (Fsp3) is 0.208. The van der Waals surface area contributed by atoms with Crippen LogP contribution in [0.25, 0.3) is 0 Å². The van der Waals surface area contributed by atoms with Crippen molar-refractivity contribution in [1.29, 1.82) is 0 Å². The van der Waals surface area contributed by atoms with Crippen LogP contribution in [-0.4, -0.2) is 41.3 Å². The molecule has 0 heterocycles. The number of methoxy groups -OCH3 is 2. The summed E-state index contributed by atoms with van der Waals surface area (Å²) in [4.78, 5) is 13.9. The number of rotatable bonds is 9. The van der Waals surface area contributed by atoms with E-state index in [0.29, 0.717) is 17.1 Å². The van der Waals surface area contributed by atoms with Gasteiger partial charge in [0.2, 0.25) is 5.91 Å². The van der Waals surface area contributed by atoms with E-state index in [2.05, 4.69) is 5.32 Å². The Hall–Kier alpha value is -3.17. The van der Waals surface area contributed by atoms with E-state index in [9.17, 15) is 13.2 Å². The van der Waals surface area contributed by atoms with Gasteiger partial charge in [0.25, 0.3) is 10.0 Å². The first-order chi connectivity index (χ1) is 15.8. The first kappa shape index (κ1) is 24.5. The van der Waals surface area contributed by atoms with Gasteiger partial charge in [-0.1, -0.05) is 12.1 Å². The summed E-state index contributed by atoms with van der Waals surface area (Å²) in [6.07, 6.45) is 1.94. The van der Waals surface area contributed by atoms with E-state index in [0.717, 1.165) is 14.8 Å². The third-order valence-electron chi connectivity index (χ3n) is 4.89. The Kier molecular flexibility index (Phi) is 7.88. The van der Waals surface area contributed by atoms with E-state index in [1.807, 2.05) is 24.5 Å². The molecule has 0 saturated heterocycles. The molecule has 0 radical (unpaired) electrons. The van der Waals surface area contributed by atoms with Gasteiger partial charge in [-0.25, -0.2) is 8.42 Å². The van der Waals surface area contributed by atoms with Crippen LogP contribution in [0.3, 0.4) is 0 Å². The maximum atomic E-state index is 13.7. The van der Waals surface area contributed by atoms with Gasteiger partial charge in [-0.2, -0.15) is 0 Å². The molecule has 174 valence electrons. The van der Waals surface area contributed by atoms with Crippen LogP contribution in [0.1, 0.15) is 5.56 Å². The van der Waals surface area contributed by atoms with Crippen LogP contribution in [0.2, 0.25) is 0 Å². The molecule has 0 fully saturated rings. The minimum absolute atomic E-state index is 0.0157. The maximum Gasteiger partial charge on any atom is 0.268 e. The van der Waals surface area contributed by atoms with E-state index >= 15 is 0 Å². The molecule has 0 aliphatic carbocycles. The van der Waals surface area contributed by atoms with Gasteiger partial charge in [0.15, 0.2) is 0 Å². The molecule has 33 heavy (non-hydrogen) atoms. The Balaban J connectivity index is 2.00. The summed E-state index contributed by atoms with van der Waals surface area (Å²) in [5.74, 6) is 0.300. The molecule has 9 heteroatoms. The molecule has 7 nitrogen and oxygen atoms in total. The molecule has 3 rings (SSSR count). The van der Waals surface area contributed by atoms with Crippen molar-refractivity contribution in [2.75, 3.05) is 36.6 Å². The molecule has 0 unspecified atom stereocenters. The van der Waals surface area contributed by atoms with Crippen LogP contribution in [0.5, 0.6) is 11.5 Å². The summed E-state index contributed by atoms with van der Waals surface area (Å²) in [6.45, 7) is 1.37. The van der Waals surface area contributed by atoms with Crippen molar-refractivity contribution in [3.8, 4) is 11.5 Å². The van der Waals surface area contributed by atoms with Gasteiger partial charge in [0.05, 0.1) is 19.9 Å². The summed E-state index contributed by atoms with van der Waals surface area (Å²) in [5.41, 5.74) is 1.67. The van der Waals surface area contributed by atoms with Crippen molar-refractivity contribution in [2.45, 2.75) is 16.7 Å². The second kappa shape index (κ2) is 10.6. The monoisotopic (exact) mass is 486 g/mol. The number of amides is 1. The average Bonchev–Trinajstić information content (AvgIpc) is 2.82. The van der Waals surface area contributed by atoms with E-state index in [4.69, 9.17) is 9.47 Å². The van der Waals surface area contributed by atoms with Gasteiger partial charge < -0.3 is 14.8 Å². The average molecular weight is 487 g/mol. The zero-order chi connectivity index (χ0) is 24.0. The predicted molar refractivity (Wildman–Crippen MR) is 132 cm³/mol. The Morgan fingerprint density at radius 2 is 1.73 bits per heavy atom. The molecule has 0 saturated carbocycles. The van der Waals surface area contributed by atoms with E-state index in [-0.39, 0.29) is 10.6 Å². The number of anilines is 2. The minimum Gasteiger partial charge on any atom is -0.497 e. The maximum absolute atomic E-state index is 13.7. The number of nitrogens with zero attached hydrogens (tertiary/aromatic N) is 1. The molecule has 0 atom stereocenters. The fourth-order valence-corrected chi connectivity index (χ4v) is 5.32. The molecule has 1 N–H and O–H groups in total. The van der Waals surface area contributed by atoms with Crippen molar-refractivity contribution < 1.29 is 22.7 Å². The number of aryl methyl sites for hydroxylation is 1. The Morgan fingerprint density at radius 3 is 2.36 bits per heavy atom. The number of benzene rings is 3. The zero-order valence-electron chi connectivity index (χ0n) is 18.9. The van der Waals surface area contributed by atoms with Crippen molar-refractivity contribution in [3.05, 3.63) is 72.3 Å². The van der Waals surface area contributed by atoms with Crippen LogP contribution in [0.4, 0.5) is 11.4 Å². The van der Waals surface area contributed by atoms with E-state index < -0.39 is 22.5 Å². The molecule has 0 bridgehead atoms. The van der Waals surface area contributed by atoms with E-state index in [1.54, 1.807) is 61.2 Å². The van der Waals surface area contributed by atoms with Gasteiger partial charge in [0.1, 0.15) is 22.9 Å². The highest BCUT2D eigenvalue weighted by molar-refractivity contribution is 7.98. The standard InChI is InChI=1S/C24H26N2O5S2/c1-17-8-13-22(31-3)23(14-17)33(28,29)26(19-9-11-20(30-2)12-10-19)16-24(27)25-18-6-5-7-21(15-18)32-4/h5-15H,16H2,1-4H3,(H,25,27). The predicted octanol–water partition coefficient (Wildman–Crippen LogP) is 4.57. The van der Waals surface area contributed by atoms with Crippen LogP contribution < -0.4 is 19.1 Å². The SMILES string of the molecule is COc1ccc(N(CC(=O)Nc2cccc(SC)c2)S(=O)(=O)c2cc(C)ccc2OC)cc1. The largest absolute Gasteiger partial charge is 0.497 e. The highest BCUT2D eigenvalue weighted by atomic mass is 32.2. The third kappa shape index (κ3) is 5.80. The van der Waals surface area contributed by atoms with Crippen LogP contribution in [0.15, 0.2) is 76.5 Å². The van der Waals surface area contributed by atoms with Crippen molar-refractivity contribution >= 4 is 39.1 Å². The molecule has 0 aromatic heterocycles. The highest BCUT2D eigenvalue weighted by Crippen LogP contribution is 2.31. The van der Waals surface area contributed by atoms with Gasteiger partial charge in [-0.15, -0.1) is 11.8 Å². The Labute approximate surface area is 198 Å². The number of hydrogen-bond acceptors (Lipinski definition) is 6. The molecule has 3 aromatic rings. The summed E-state index contributed by atoms with van der Waals surface area (Å²) in [6, 6.07) is 18.7. The molecule has 0 aliphatic heterocycles. The lowest BCUT2D eigenvalue weighted by Crippen LogP contribution is -2.38.